The van der Waals surface area contributed by atoms with Crippen molar-refractivity contribution in [3.05, 3.63) is 43.0 Å². The highest BCUT2D eigenvalue weighted by atomic mass is 16.7. The number of nitrogens with zero attached hydrogens (tertiary/aromatic N) is 4. The Morgan fingerprint density at radius 3 is 2.30 bits per heavy atom. The summed E-state index contributed by atoms with van der Waals surface area (Å²) >= 11 is 0. The van der Waals surface area contributed by atoms with Gasteiger partial charge in [-0.05, 0) is 0 Å². The van der Waals surface area contributed by atoms with Crippen LogP contribution in [-0.4, -0.2) is 62.3 Å². The van der Waals surface area contributed by atoms with Gasteiger partial charge in [0.05, 0.1) is 6.33 Å². The molecule has 2 aromatic heterocycles. The molecule has 1 unspecified atom stereocenters. The van der Waals surface area contributed by atoms with Crippen molar-refractivity contribution in [3.63, 3.8) is 0 Å². The summed E-state index contributed by atoms with van der Waals surface area (Å²) in [5, 5.41) is 0. The molecule has 0 amide bonds. The van der Waals surface area contributed by atoms with Gasteiger partial charge in [0.2, 0.25) is 0 Å². The van der Waals surface area contributed by atoms with Gasteiger partial charge >= 0.3 is 17.9 Å². The Morgan fingerprint density at radius 1 is 0.939 bits per heavy atom. The van der Waals surface area contributed by atoms with Gasteiger partial charge in [0, 0.05) is 26.3 Å². The van der Waals surface area contributed by atoms with E-state index < -0.39 is 42.4 Å². The zero-order valence-corrected chi connectivity index (χ0v) is 18.2. The Labute approximate surface area is 188 Å². The second kappa shape index (κ2) is 9.33. The maximum atomic E-state index is 11.9. The smallest absolute Gasteiger partial charge is 0.303 e. The van der Waals surface area contributed by atoms with Gasteiger partial charge in [-0.1, -0.05) is 30.3 Å². The Morgan fingerprint density at radius 2 is 1.64 bits per heavy atom. The molecule has 1 fully saturated rings. The Bertz CT molecular complexity index is 1180. The molecule has 3 heterocycles. The second-order valence-corrected chi connectivity index (χ2v) is 7.43. The fraction of sp³-hybridized carbons (Fsp3) is 0.364. The largest absolute Gasteiger partial charge is 0.463 e. The number of carbonyl (C=O) groups excluding carboxylic acids is 3. The number of hydrogen-bond acceptors (Lipinski definition) is 10. The monoisotopic (exact) mass is 454 g/mol. The molecule has 172 valence electrons. The van der Waals surface area contributed by atoms with Crippen molar-refractivity contribution in [1.82, 2.24) is 19.5 Å². The molecule has 1 saturated heterocycles. The fourth-order valence-electron chi connectivity index (χ4n) is 3.76. The molecule has 33 heavy (non-hydrogen) atoms. The second-order valence-electron chi connectivity index (χ2n) is 7.43. The van der Waals surface area contributed by atoms with E-state index in [0.717, 1.165) is 5.56 Å². The number of hydrogen-bond donors (Lipinski definition) is 0. The van der Waals surface area contributed by atoms with E-state index in [0.29, 0.717) is 16.9 Å². The summed E-state index contributed by atoms with van der Waals surface area (Å²) in [5.74, 6) is -1.72. The van der Waals surface area contributed by atoms with E-state index in [1.54, 1.807) is 4.57 Å². The number of benzene rings is 1. The molecule has 1 aliphatic heterocycles. The lowest BCUT2D eigenvalue weighted by molar-refractivity contribution is -0.166. The van der Waals surface area contributed by atoms with Crippen molar-refractivity contribution in [2.75, 3.05) is 6.61 Å². The van der Waals surface area contributed by atoms with Gasteiger partial charge in [-0.3, -0.25) is 19.0 Å². The average molecular weight is 454 g/mol. The third-order valence-corrected chi connectivity index (χ3v) is 5.02. The summed E-state index contributed by atoms with van der Waals surface area (Å²) in [5.41, 5.74) is 2.42. The SMILES string of the molecule is CC(=O)OC[C@H]1O[C@@H](n2cnc3c(-c4ccccc4)ncnc32)C(OC(C)=O)[C@@H]1OC(C)=O. The van der Waals surface area contributed by atoms with Gasteiger partial charge in [0.15, 0.2) is 24.1 Å². The third-order valence-electron chi connectivity index (χ3n) is 5.02. The van der Waals surface area contributed by atoms with E-state index in [2.05, 4.69) is 15.0 Å². The zero-order chi connectivity index (χ0) is 23.5. The van der Waals surface area contributed by atoms with Gasteiger partial charge in [-0.25, -0.2) is 15.0 Å². The first-order valence-corrected chi connectivity index (χ1v) is 10.2. The summed E-state index contributed by atoms with van der Waals surface area (Å²) in [6.45, 7) is 3.52. The molecule has 4 atom stereocenters. The lowest BCUT2D eigenvalue weighted by Crippen LogP contribution is -2.40. The molecule has 1 aliphatic rings. The molecular formula is C22H22N4O7. The minimum Gasteiger partial charge on any atom is -0.463 e. The summed E-state index contributed by atoms with van der Waals surface area (Å²) in [7, 11) is 0. The lowest BCUT2D eigenvalue weighted by Gasteiger charge is -2.23. The maximum absolute atomic E-state index is 11.9. The molecule has 0 radical (unpaired) electrons. The third kappa shape index (κ3) is 4.67. The van der Waals surface area contributed by atoms with Crippen LogP contribution in [0.2, 0.25) is 0 Å². The number of fused-ring (bicyclic) bond motifs is 1. The molecule has 0 N–H and O–H groups in total. The highest BCUT2D eigenvalue weighted by molar-refractivity contribution is 5.87. The normalized spacial score (nSPS) is 22.2. The molecule has 0 saturated carbocycles. The van der Waals surface area contributed by atoms with Crippen molar-refractivity contribution in [1.29, 1.82) is 0 Å². The van der Waals surface area contributed by atoms with Crippen molar-refractivity contribution in [2.45, 2.75) is 45.3 Å². The van der Waals surface area contributed by atoms with E-state index in [-0.39, 0.29) is 6.61 Å². The van der Waals surface area contributed by atoms with Crippen LogP contribution in [0.5, 0.6) is 0 Å². The van der Waals surface area contributed by atoms with Crippen LogP contribution < -0.4 is 0 Å². The first kappa shape index (κ1) is 22.3. The topological polar surface area (TPSA) is 132 Å². The predicted molar refractivity (Wildman–Crippen MR) is 112 cm³/mol. The van der Waals surface area contributed by atoms with E-state index in [9.17, 15) is 14.4 Å². The van der Waals surface area contributed by atoms with Gasteiger partial charge in [-0.2, -0.15) is 0 Å². The van der Waals surface area contributed by atoms with E-state index in [1.807, 2.05) is 30.3 Å². The first-order valence-electron chi connectivity index (χ1n) is 10.2. The quantitative estimate of drug-likeness (QED) is 0.401. The minimum absolute atomic E-state index is 0.196. The van der Waals surface area contributed by atoms with E-state index in [4.69, 9.17) is 18.9 Å². The van der Waals surface area contributed by atoms with Gasteiger partial charge in [-0.15, -0.1) is 0 Å². The van der Waals surface area contributed by atoms with E-state index in [1.165, 1.54) is 33.4 Å². The van der Waals surface area contributed by atoms with Crippen molar-refractivity contribution >= 4 is 29.1 Å². The van der Waals surface area contributed by atoms with Gasteiger partial charge in [0.1, 0.15) is 30.2 Å². The number of ether oxygens (including phenoxy) is 4. The van der Waals surface area contributed by atoms with Crippen molar-refractivity contribution < 1.29 is 33.3 Å². The number of esters is 3. The standard InChI is InChI=1S/C22H22N4O7/c1-12(27)30-9-16-19(31-13(2)28)20(32-14(3)29)22(33-16)26-11-25-18-17(23-10-24-21(18)26)15-7-5-4-6-8-15/h4-8,10-11,16,19-20,22H,9H2,1-3H3/t16-,19-,20?,22-/m1/s1. The number of rotatable bonds is 6. The van der Waals surface area contributed by atoms with Crippen LogP contribution in [0.25, 0.3) is 22.4 Å². The highest BCUT2D eigenvalue weighted by Gasteiger charge is 2.51. The van der Waals surface area contributed by atoms with Crippen LogP contribution in [0.1, 0.15) is 27.0 Å². The highest BCUT2D eigenvalue weighted by Crippen LogP contribution is 2.36. The maximum Gasteiger partial charge on any atom is 0.303 e. The molecule has 11 heteroatoms. The van der Waals surface area contributed by atoms with Crippen LogP contribution in [0.15, 0.2) is 43.0 Å². The lowest BCUT2D eigenvalue weighted by atomic mass is 10.1. The zero-order valence-electron chi connectivity index (χ0n) is 18.2. The summed E-state index contributed by atoms with van der Waals surface area (Å²) in [6.07, 6.45) is -0.963. The summed E-state index contributed by atoms with van der Waals surface area (Å²) in [6, 6.07) is 9.48. The first-order chi connectivity index (χ1) is 15.8. The molecule has 4 rings (SSSR count). The van der Waals surface area contributed by atoms with Crippen LogP contribution in [0.3, 0.4) is 0 Å². The molecule has 1 aromatic carbocycles. The van der Waals surface area contributed by atoms with E-state index >= 15 is 0 Å². The van der Waals surface area contributed by atoms with Gasteiger partial charge < -0.3 is 18.9 Å². The number of imidazole rings is 1. The van der Waals surface area contributed by atoms with Crippen LogP contribution in [0, 0.1) is 0 Å². The summed E-state index contributed by atoms with van der Waals surface area (Å²) in [4.78, 5) is 48.1. The average Bonchev–Trinajstić information content (AvgIpc) is 3.34. The van der Waals surface area contributed by atoms with Crippen LogP contribution in [0.4, 0.5) is 0 Å². The van der Waals surface area contributed by atoms with Crippen LogP contribution >= 0.6 is 0 Å². The molecular weight excluding hydrogens is 432 g/mol. The number of aromatic nitrogens is 4. The van der Waals surface area contributed by atoms with Gasteiger partial charge in [0.25, 0.3) is 0 Å². The molecule has 3 aromatic rings. The fourth-order valence-corrected chi connectivity index (χ4v) is 3.76. The van der Waals surface area contributed by atoms with Crippen LogP contribution in [-0.2, 0) is 33.3 Å². The number of carbonyl (C=O) groups is 3. The molecule has 0 bridgehead atoms. The Hall–Kier alpha value is -3.86. The molecule has 0 aliphatic carbocycles. The molecule has 0 spiro atoms. The Balaban J connectivity index is 1.76. The minimum atomic E-state index is -1.03. The Kier molecular flexibility index (Phi) is 6.31. The molecule has 11 nitrogen and oxygen atoms in total. The van der Waals surface area contributed by atoms with Crippen molar-refractivity contribution in [2.24, 2.45) is 0 Å². The summed E-state index contributed by atoms with van der Waals surface area (Å²) < 4.78 is 23.6. The van der Waals surface area contributed by atoms with Crippen molar-refractivity contribution in [3.8, 4) is 11.3 Å². The predicted octanol–water partition coefficient (Wildman–Crippen LogP) is 1.82.